The topological polar surface area (TPSA) is 51.9 Å². The van der Waals surface area contributed by atoms with Gasteiger partial charge in [-0.2, -0.15) is 0 Å². The number of aromatic nitrogens is 2. The summed E-state index contributed by atoms with van der Waals surface area (Å²) in [7, 11) is 3.72. The van der Waals surface area contributed by atoms with Crippen molar-refractivity contribution in [2.24, 2.45) is 0 Å². The van der Waals surface area contributed by atoms with Gasteiger partial charge in [-0.05, 0) is 0 Å². The molecule has 11 heavy (non-hydrogen) atoms. The zero-order valence-electron chi connectivity index (χ0n) is 6.34. The molecule has 1 heterocycles. The molecule has 0 unspecified atom stereocenters. The van der Waals surface area contributed by atoms with Crippen molar-refractivity contribution < 1.29 is 0 Å². The minimum Gasteiger partial charge on any atom is -0.374 e. The third kappa shape index (κ3) is 1.68. The highest BCUT2D eigenvalue weighted by atomic mass is 32.1. The number of rotatable bonds is 1. The number of hydrogen-bond acceptors (Lipinski definition) is 3. The maximum atomic E-state index is 10.7. The Balaban J connectivity index is 3.32. The molecule has 0 spiro atoms. The molecule has 0 saturated carbocycles. The van der Waals surface area contributed by atoms with Gasteiger partial charge in [-0.15, -0.1) is 0 Å². The Kier molecular flexibility index (Phi) is 2.09. The maximum Gasteiger partial charge on any atom is 0.323 e. The summed E-state index contributed by atoms with van der Waals surface area (Å²) in [6.45, 7) is 0. The fraction of sp³-hybridized carbons (Fsp3) is 0.333. The second-order valence-corrected chi connectivity index (χ2v) is 2.76. The van der Waals surface area contributed by atoms with Crippen LogP contribution in [0.3, 0.4) is 0 Å². The summed E-state index contributed by atoms with van der Waals surface area (Å²) >= 11 is 4.90. The summed E-state index contributed by atoms with van der Waals surface area (Å²) in [4.78, 5) is 17.5. The highest BCUT2D eigenvalue weighted by Gasteiger charge is 1.96. The molecule has 0 aromatic carbocycles. The van der Waals surface area contributed by atoms with Crippen LogP contribution in [0, 0.1) is 4.64 Å². The lowest BCUT2D eigenvalue weighted by Crippen LogP contribution is -2.16. The van der Waals surface area contributed by atoms with Crippen LogP contribution < -0.4 is 10.6 Å². The predicted octanol–water partition coefficient (Wildman–Crippen LogP) is 0.498. The number of aromatic amines is 2. The molecule has 0 fully saturated rings. The largest absolute Gasteiger partial charge is 0.374 e. The van der Waals surface area contributed by atoms with Crippen molar-refractivity contribution in [3.63, 3.8) is 0 Å². The van der Waals surface area contributed by atoms with Crippen molar-refractivity contribution in [1.82, 2.24) is 9.97 Å². The van der Waals surface area contributed by atoms with Crippen LogP contribution in [-0.4, -0.2) is 24.1 Å². The highest BCUT2D eigenvalue weighted by molar-refractivity contribution is 7.71. The van der Waals surface area contributed by atoms with Gasteiger partial charge in [-0.1, -0.05) is 12.2 Å². The van der Waals surface area contributed by atoms with E-state index < -0.39 is 0 Å². The van der Waals surface area contributed by atoms with Crippen LogP contribution in [0.2, 0.25) is 0 Å². The summed E-state index contributed by atoms with van der Waals surface area (Å²) in [6.07, 6.45) is 1.58. The molecule has 1 rings (SSSR count). The van der Waals surface area contributed by atoms with Gasteiger partial charge in [0.05, 0.1) is 5.69 Å². The molecule has 0 radical (unpaired) electrons. The average molecular weight is 171 g/mol. The first kappa shape index (κ1) is 8.00. The van der Waals surface area contributed by atoms with Crippen LogP contribution >= 0.6 is 12.2 Å². The van der Waals surface area contributed by atoms with Crippen molar-refractivity contribution in [2.45, 2.75) is 0 Å². The molecule has 0 aliphatic carbocycles. The molecule has 4 nitrogen and oxygen atoms in total. The first-order chi connectivity index (χ1) is 5.11. The summed E-state index contributed by atoms with van der Waals surface area (Å²) in [5, 5.41) is 0. The van der Waals surface area contributed by atoms with Gasteiger partial charge in [0.2, 0.25) is 0 Å². The molecular weight excluding hydrogens is 162 g/mol. The Hall–Kier alpha value is -1.10. The van der Waals surface area contributed by atoms with Gasteiger partial charge in [0.15, 0.2) is 0 Å². The van der Waals surface area contributed by atoms with Gasteiger partial charge in [-0.3, -0.25) is 4.98 Å². The van der Waals surface area contributed by atoms with Crippen molar-refractivity contribution in [1.29, 1.82) is 0 Å². The molecule has 0 bridgehead atoms. The Morgan fingerprint density at radius 1 is 1.55 bits per heavy atom. The normalized spacial score (nSPS) is 9.64. The minimum atomic E-state index is -0.277. The van der Waals surface area contributed by atoms with Crippen LogP contribution in [0.25, 0.3) is 0 Å². The van der Waals surface area contributed by atoms with Crippen LogP contribution in [0.1, 0.15) is 0 Å². The Morgan fingerprint density at radius 3 is 2.64 bits per heavy atom. The number of H-pyrrole nitrogens is 2. The van der Waals surface area contributed by atoms with Crippen molar-refractivity contribution in [3.05, 3.63) is 21.3 Å². The lowest BCUT2D eigenvalue weighted by molar-refractivity contribution is 1.01. The summed E-state index contributed by atoms with van der Waals surface area (Å²) in [5.74, 6) is 0. The molecule has 0 atom stereocenters. The van der Waals surface area contributed by atoms with E-state index in [-0.39, 0.29) is 5.69 Å². The summed E-state index contributed by atoms with van der Waals surface area (Å²) < 4.78 is 0.457. The second kappa shape index (κ2) is 2.87. The molecule has 0 aliphatic heterocycles. The molecule has 1 aromatic rings. The van der Waals surface area contributed by atoms with E-state index in [9.17, 15) is 4.79 Å². The third-order valence-corrected chi connectivity index (χ3v) is 1.59. The first-order valence-corrected chi connectivity index (χ1v) is 3.51. The number of anilines is 1. The second-order valence-electron chi connectivity index (χ2n) is 2.35. The SMILES string of the molecule is CN(C)c1c[nH]c(=O)[nH]c1=S. The van der Waals surface area contributed by atoms with Crippen molar-refractivity contribution >= 4 is 17.9 Å². The van der Waals surface area contributed by atoms with E-state index in [1.165, 1.54) is 0 Å². The number of nitrogens with one attached hydrogen (secondary N) is 2. The minimum absolute atomic E-state index is 0.277. The van der Waals surface area contributed by atoms with Crippen LogP contribution in [0.15, 0.2) is 11.0 Å². The molecule has 0 saturated heterocycles. The third-order valence-electron chi connectivity index (χ3n) is 1.28. The Labute approximate surface area is 68.9 Å². The van der Waals surface area contributed by atoms with E-state index in [0.717, 1.165) is 5.69 Å². The van der Waals surface area contributed by atoms with E-state index >= 15 is 0 Å². The van der Waals surface area contributed by atoms with Gasteiger partial charge in [-0.25, -0.2) is 4.79 Å². The lowest BCUT2D eigenvalue weighted by Gasteiger charge is -2.10. The molecule has 1 aromatic heterocycles. The van der Waals surface area contributed by atoms with E-state index in [1.54, 1.807) is 6.20 Å². The molecule has 2 N–H and O–H groups in total. The molecule has 0 amide bonds. The van der Waals surface area contributed by atoms with Gasteiger partial charge in [0, 0.05) is 20.3 Å². The predicted molar refractivity (Wildman–Crippen MR) is 46.6 cm³/mol. The van der Waals surface area contributed by atoms with Crippen LogP contribution in [0.4, 0.5) is 5.69 Å². The van der Waals surface area contributed by atoms with Gasteiger partial charge >= 0.3 is 5.69 Å². The number of nitrogens with zero attached hydrogens (tertiary/aromatic N) is 1. The standard InChI is InChI=1S/C6H9N3OS/c1-9(2)4-3-7-6(10)8-5(4)11/h3H,1-2H3,(H2,7,8,10,11). The van der Waals surface area contributed by atoms with Gasteiger partial charge < -0.3 is 9.88 Å². The van der Waals surface area contributed by atoms with Gasteiger partial charge in [0.1, 0.15) is 4.64 Å². The highest BCUT2D eigenvalue weighted by Crippen LogP contribution is 2.05. The van der Waals surface area contributed by atoms with Crippen LogP contribution in [-0.2, 0) is 0 Å². The van der Waals surface area contributed by atoms with Crippen molar-refractivity contribution in [2.75, 3.05) is 19.0 Å². The fourth-order valence-corrected chi connectivity index (χ4v) is 1.07. The first-order valence-electron chi connectivity index (χ1n) is 3.10. The van der Waals surface area contributed by atoms with Crippen LogP contribution in [0.5, 0.6) is 0 Å². The molecule has 0 aliphatic rings. The zero-order valence-corrected chi connectivity index (χ0v) is 7.16. The Bertz CT molecular complexity index is 351. The van der Waals surface area contributed by atoms with Crippen molar-refractivity contribution in [3.8, 4) is 0 Å². The summed E-state index contributed by atoms with van der Waals surface area (Å²) in [6, 6.07) is 0. The fourth-order valence-electron chi connectivity index (χ4n) is 0.735. The number of hydrogen-bond donors (Lipinski definition) is 2. The van der Waals surface area contributed by atoms with E-state index in [1.807, 2.05) is 19.0 Å². The lowest BCUT2D eigenvalue weighted by atomic mass is 10.5. The smallest absolute Gasteiger partial charge is 0.323 e. The zero-order chi connectivity index (χ0) is 8.43. The summed E-state index contributed by atoms with van der Waals surface area (Å²) in [5.41, 5.74) is 0.528. The van der Waals surface area contributed by atoms with E-state index in [0.29, 0.717) is 4.64 Å². The average Bonchev–Trinajstić information content (AvgIpc) is 1.85. The molecule has 60 valence electrons. The van der Waals surface area contributed by atoms with Gasteiger partial charge in [0.25, 0.3) is 0 Å². The molecular formula is C6H9N3OS. The monoisotopic (exact) mass is 171 g/mol. The van der Waals surface area contributed by atoms with E-state index in [4.69, 9.17) is 12.2 Å². The van der Waals surface area contributed by atoms with E-state index in [2.05, 4.69) is 9.97 Å². The molecule has 5 heteroatoms. The Morgan fingerprint density at radius 2 is 2.18 bits per heavy atom. The maximum absolute atomic E-state index is 10.7. The quantitative estimate of drug-likeness (QED) is 0.605.